The van der Waals surface area contributed by atoms with Gasteiger partial charge >= 0.3 is 0 Å². The van der Waals surface area contributed by atoms with Crippen LogP contribution in [0.1, 0.15) is 5.69 Å². The Morgan fingerprint density at radius 3 is 2.57 bits per heavy atom. The molecule has 1 aliphatic heterocycles. The summed E-state index contributed by atoms with van der Waals surface area (Å²) in [6.45, 7) is 4.64. The van der Waals surface area contributed by atoms with E-state index in [4.69, 9.17) is 9.47 Å². The van der Waals surface area contributed by atoms with Crippen molar-refractivity contribution in [2.24, 2.45) is 0 Å². The molecular formula is C20H23N5O4S. The highest BCUT2D eigenvalue weighted by molar-refractivity contribution is 7.92. The van der Waals surface area contributed by atoms with Crippen LogP contribution >= 0.6 is 0 Å². The predicted octanol–water partition coefficient (Wildman–Crippen LogP) is 2.22. The second-order valence-electron chi connectivity index (χ2n) is 6.87. The quantitative estimate of drug-likeness (QED) is 0.641. The smallest absolute Gasteiger partial charge is 0.263 e. The number of benzene rings is 1. The molecular weight excluding hydrogens is 406 g/mol. The molecule has 1 N–H and O–H groups in total. The number of sulfonamides is 1. The fourth-order valence-electron chi connectivity index (χ4n) is 3.23. The Morgan fingerprint density at radius 1 is 1.13 bits per heavy atom. The van der Waals surface area contributed by atoms with Crippen molar-refractivity contribution in [1.29, 1.82) is 0 Å². The van der Waals surface area contributed by atoms with Crippen LogP contribution in [0.5, 0.6) is 5.75 Å². The van der Waals surface area contributed by atoms with Crippen LogP contribution in [0, 0.1) is 6.92 Å². The molecule has 0 spiro atoms. The van der Waals surface area contributed by atoms with E-state index in [9.17, 15) is 8.42 Å². The number of rotatable bonds is 6. The van der Waals surface area contributed by atoms with Gasteiger partial charge in [-0.15, -0.1) is 0 Å². The predicted molar refractivity (Wildman–Crippen MR) is 113 cm³/mol. The van der Waals surface area contributed by atoms with Gasteiger partial charge in [0.05, 0.1) is 43.7 Å². The maximum absolute atomic E-state index is 12.8. The third kappa shape index (κ3) is 4.24. The van der Waals surface area contributed by atoms with Gasteiger partial charge in [0.25, 0.3) is 10.0 Å². The van der Waals surface area contributed by atoms with E-state index in [0.29, 0.717) is 24.7 Å². The number of aryl methyl sites for hydroxylation is 1. The number of hydrogen-bond acceptors (Lipinski definition) is 7. The van der Waals surface area contributed by atoms with Crippen molar-refractivity contribution in [3.05, 3.63) is 54.7 Å². The van der Waals surface area contributed by atoms with Crippen molar-refractivity contribution in [2.75, 3.05) is 43.0 Å². The maximum Gasteiger partial charge on any atom is 0.263 e. The average molecular weight is 430 g/mol. The molecule has 0 radical (unpaired) electrons. The number of anilines is 2. The fourth-order valence-corrected chi connectivity index (χ4v) is 4.23. The van der Waals surface area contributed by atoms with E-state index >= 15 is 0 Å². The van der Waals surface area contributed by atoms with E-state index < -0.39 is 10.0 Å². The first-order valence-corrected chi connectivity index (χ1v) is 11.0. The first-order valence-electron chi connectivity index (χ1n) is 9.47. The van der Waals surface area contributed by atoms with E-state index in [2.05, 4.69) is 19.6 Å². The number of aromatic nitrogens is 3. The van der Waals surface area contributed by atoms with E-state index in [0.717, 1.165) is 30.3 Å². The molecule has 1 saturated heterocycles. The first kappa shape index (κ1) is 20.2. The van der Waals surface area contributed by atoms with Crippen molar-refractivity contribution in [3.8, 4) is 11.4 Å². The van der Waals surface area contributed by atoms with Crippen LogP contribution in [0.2, 0.25) is 0 Å². The molecule has 0 bridgehead atoms. The lowest BCUT2D eigenvalue weighted by atomic mass is 10.2. The Bertz CT molecular complexity index is 1120. The van der Waals surface area contributed by atoms with Crippen LogP contribution in [0.3, 0.4) is 0 Å². The third-order valence-electron chi connectivity index (χ3n) is 4.79. The van der Waals surface area contributed by atoms with Crippen molar-refractivity contribution in [2.45, 2.75) is 11.8 Å². The van der Waals surface area contributed by atoms with Crippen LogP contribution in [-0.2, 0) is 14.8 Å². The molecule has 0 saturated carbocycles. The van der Waals surface area contributed by atoms with Crippen molar-refractivity contribution < 1.29 is 17.9 Å². The number of methoxy groups -OCH3 is 1. The molecule has 10 heteroatoms. The number of morpholine rings is 1. The molecule has 0 amide bonds. The number of ether oxygens (including phenoxy) is 2. The second-order valence-corrected chi connectivity index (χ2v) is 8.55. The lowest BCUT2D eigenvalue weighted by Gasteiger charge is -2.27. The summed E-state index contributed by atoms with van der Waals surface area (Å²) in [5.41, 5.74) is 2.03. The lowest BCUT2D eigenvalue weighted by molar-refractivity contribution is 0.122. The Balaban J connectivity index is 1.54. The first-order chi connectivity index (χ1) is 14.5. The third-order valence-corrected chi connectivity index (χ3v) is 6.15. The molecule has 9 nitrogen and oxygen atoms in total. The largest absolute Gasteiger partial charge is 0.494 e. The molecule has 4 rings (SSSR count). The van der Waals surface area contributed by atoms with Crippen molar-refractivity contribution >= 4 is 21.5 Å². The standard InChI is InChI=1S/C20H23N5O4S/c1-15-13-25(14-22-15)18-5-3-16(11-19(18)28-2)23-30(26,27)17-4-6-20(21-12-17)24-7-9-29-10-8-24/h3-6,11-14,23H,7-10H2,1-2H3. The second kappa shape index (κ2) is 8.33. The Hall–Kier alpha value is -3.11. The highest BCUT2D eigenvalue weighted by Crippen LogP contribution is 2.28. The van der Waals surface area contributed by atoms with Gasteiger partial charge in [-0.3, -0.25) is 4.72 Å². The van der Waals surface area contributed by atoms with Crippen LogP contribution in [0.4, 0.5) is 11.5 Å². The van der Waals surface area contributed by atoms with E-state index in [1.165, 1.54) is 13.3 Å². The zero-order chi connectivity index (χ0) is 21.1. The highest BCUT2D eigenvalue weighted by atomic mass is 32.2. The lowest BCUT2D eigenvalue weighted by Crippen LogP contribution is -2.36. The van der Waals surface area contributed by atoms with Gasteiger partial charge in [-0.1, -0.05) is 0 Å². The molecule has 1 aliphatic rings. The molecule has 30 heavy (non-hydrogen) atoms. The molecule has 0 unspecified atom stereocenters. The summed E-state index contributed by atoms with van der Waals surface area (Å²) < 4.78 is 40.8. The molecule has 2 aromatic heterocycles. The van der Waals surface area contributed by atoms with Crippen LogP contribution in [-0.4, -0.2) is 56.4 Å². The van der Waals surface area contributed by atoms with Gasteiger partial charge in [0.15, 0.2) is 0 Å². The fraction of sp³-hybridized carbons (Fsp3) is 0.300. The maximum atomic E-state index is 12.8. The summed E-state index contributed by atoms with van der Waals surface area (Å²) in [5, 5.41) is 0. The Morgan fingerprint density at radius 2 is 1.93 bits per heavy atom. The zero-order valence-corrected chi connectivity index (χ0v) is 17.6. The van der Waals surface area contributed by atoms with Crippen molar-refractivity contribution in [1.82, 2.24) is 14.5 Å². The molecule has 1 aromatic carbocycles. The van der Waals surface area contributed by atoms with Gasteiger partial charge in [-0.05, 0) is 31.2 Å². The molecule has 0 atom stereocenters. The van der Waals surface area contributed by atoms with Gasteiger partial charge in [0.2, 0.25) is 0 Å². The Kier molecular flexibility index (Phi) is 5.60. The Labute approximate surface area is 175 Å². The minimum atomic E-state index is -3.79. The number of nitrogens with one attached hydrogen (secondary N) is 1. The molecule has 1 fully saturated rings. The van der Waals surface area contributed by atoms with Gasteiger partial charge in [0, 0.05) is 31.5 Å². The van der Waals surface area contributed by atoms with E-state index in [1.807, 2.05) is 17.7 Å². The van der Waals surface area contributed by atoms with Crippen LogP contribution in [0.15, 0.2) is 53.9 Å². The van der Waals surface area contributed by atoms with E-state index in [-0.39, 0.29) is 4.90 Å². The number of imidazole rings is 1. The van der Waals surface area contributed by atoms with Gasteiger partial charge in [-0.2, -0.15) is 0 Å². The number of hydrogen-bond donors (Lipinski definition) is 1. The summed E-state index contributed by atoms with van der Waals surface area (Å²) in [6.07, 6.45) is 4.91. The highest BCUT2D eigenvalue weighted by Gasteiger charge is 2.18. The summed E-state index contributed by atoms with van der Waals surface area (Å²) >= 11 is 0. The van der Waals surface area contributed by atoms with Gasteiger partial charge < -0.3 is 18.9 Å². The minimum Gasteiger partial charge on any atom is -0.494 e. The number of pyridine rings is 1. The summed E-state index contributed by atoms with van der Waals surface area (Å²) in [6, 6.07) is 8.36. The number of nitrogens with zero attached hydrogens (tertiary/aromatic N) is 4. The van der Waals surface area contributed by atoms with Gasteiger partial charge in [0.1, 0.15) is 16.5 Å². The van der Waals surface area contributed by atoms with Crippen LogP contribution < -0.4 is 14.4 Å². The van der Waals surface area contributed by atoms with Gasteiger partial charge in [-0.25, -0.2) is 18.4 Å². The van der Waals surface area contributed by atoms with Crippen LogP contribution in [0.25, 0.3) is 5.69 Å². The summed E-state index contributed by atoms with van der Waals surface area (Å²) in [5.74, 6) is 1.26. The topological polar surface area (TPSA) is 98.6 Å². The zero-order valence-electron chi connectivity index (χ0n) is 16.8. The van der Waals surface area contributed by atoms with Crippen molar-refractivity contribution in [3.63, 3.8) is 0 Å². The molecule has 3 heterocycles. The minimum absolute atomic E-state index is 0.0905. The summed E-state index contributed by atoms with van der Waals surface area (Å²) in [4.78, 5) is 10.7. The molecule has 3 aromatic rings. The SMILES string of the molecule is COc1cc(NS(=O)(=O)c2ccc(N3CCOCC3)nc2)ccc1-n1cnc(C)c1. The molecule has 0 aliphatic carbocycles. The van der Waals surface area contributed by atoms with E-state index in [1.54, 1.807) is 36.7 Å². The normalized spacial score (nSPS) is 14.5. The summed E-state index contributed by atoms with van der Waals surface area (Å²) in [7, 11) is -2.25. The monoisotopic (exact) mass is 429 g/mol. The average Bonchev–Trinajstić information content (AvgIpc) is 3.20. The molecule has 158 valence electrons.